The number of nitrogens with one attached hydrogen (secondary N) is 1. The predicted molar refractivity (Wildman–Crippen MR) is 91.2 cm³/mol. The van der Waals surface area contributed by atoms with Gasteiger partial charge in [0.05, 0.1) is 12.8 Å². The van der Waals surface area contributed by atoms with Crippen molar-refractivity contribution in [1.29, 1.82) is 0 Å². The van der Waals surface area contributed by atoms with E-state index in [2.05, 4.69) is 10.1 Å². The summed E-state index contributed by atoms with van der Waals surface area (Å²) in [6.07, 6.45) is 1.75. The van der Waals surface area contributed by atoms with E-state index in [0.717, 1.165) is 12.8 Å². The van der Waals surface area contributed by atoms with Crippen LogP contribution in [-0.2, 0) is 9.53 Å². The molecule has 2 aromatic rings. The molecule has 1 aromatic carbocycles. The first kappa shape index (κ1) is 17.2. The Kier molecular flexibility index (Phi) is 5.18. The van der Waals surface area contributed by atoms with Gasteiger partial charge in [-0.15, -0.1) is 5.10 Å². The van der Waals surface area contributed by atoms with Gasteiger partial charge in [0.25, 0.3) is 0 Å². The van der Waals surface area contributed by atoms with Crippen LogP contribution < -0.4 is 10.4 Å². The fourth-order valence-corrected chi connectivity index (χ4v) is 3.06. The van der Waals surface area contributed by atoms with Crippen LogP contribution in [0.25, 0.3) is 5.69 Å². The lowest BCUT2D eigenvalue weighted by atomic mass is 9.97. The number of H-pyrrole nitrogens is 1. The van der Waals surface area contributed by atoms with Gasteiger partial charge in [-0.25, -0.2) is 4.79 Å². The number of amides is 1. The van der Waals surface area contributed by atoms with Crippen molar-refractivity contribution in [2.24, 2.45) is 0 Å². The lowest BCUT2D eigenvalue weighted by Crippen LogP contribution is -2.41. The third-order valence-electron chi connectivity index (χ3n) is 4.38. The molecule has 1 N–H and O–H groups in total. The Bertz CT molecular complexity index is 781. The molecule has 1 aromatic heterocycles. The number of carbonyl (C=O) groups excluding carboxylic acids is 1. The van der Waals surface area contributed by atoms with Crippen molar-refractivity contribution in [3.63, 3.8) is 0 Å². The Labute approximate surface area is 145 Å². The standard InChI is InChI=1S/C17H22N4O4/c1-24-11-15(22)20-9-3-4-12(10-20)16-18-17(23)21(19-16)13-5-7-14(25-2)8-6-13/h5-8,12H,3-4,9-11H2,1-2H3,(H,18,19,23). The van der Waals surface area contributed by atoms with Crippen LogP contribution >= 0.6 is 0 Å². The molecule has 3 rings (SSSR count). The summed E-state index contributed by atoms with van der Waals surface area (Å²) in [6, 6.07) is 7.12. The van der Waals surface area contributed by atoms with Crippen LogP contribution in [0.1, 0.15) is 24.6 Å². The Morgan fingerprint density at radius 3 is 2.76 bits per heavy atom. The van der Waals surface area contributed by atoms with E-state index in [1.54, 1.807) is 36.3 Å². The van der Waals surface area contributed by atoms with Gasteiger partial charge in [-0.05, 0) is 37.1 Å². The molecule has 1 fully saturated rings. The molecule has 1 amide bonds. The van der Waals surface area contributed by atoms with Gasteiger partial charge in [0.15, 0.2) is 0 Å². The summed E-state index contributed by atoms with van der Waals surface area (Å²) in [5.41, 5.74) is 0.372. The van der Waals surface area contributed by atoms with Crippen molar-refractivity contribution in [1.82, 2.24) is 19.7 Å². The highest BCUT2D eigenvalue weighted by Gasteiger charge is 2.27. The fraction of sp³-hybridized carbons (Fsp3) is 0.471. The number of hydrogen-bond acceptors (Lipinski definition) is 5. The van der Waals surface area contributed by atoms with Crippen LogP contribution in [0, 0.1) is 0 Å². The maximum Gasteiger partial charge on any atom is 0.348 e. The second kappa shape index (κ2) is 7.52. The molecule has 0 aliphatic carbocycles. The highest BCUT2D eigenvalue weighted by Crippen LogP contribution is 2.24. The zero-order valence-corrected chi connectivity index (χ0v) is 14.4. The van der Waals surface area contributed by atoms with Gasteiger partial charge in [0, 0.05) is 26.1 Å². The van der Waals surface area contributed by atoms with Crippen LogP contribution in [-0.4, -0.2) is 59.5 Å². The van der Waals surface area contributed by atoms with Crippen LogP contribution in [0.3, 0.4) is 0 Å². The zero-order valence-electron chi connectivity index (χ0n) is 14.4. The van der Waals surface area contributed by atoms with E-state index in [4.69, 9.17) is 9.47 Å². The number of hydrogen-bond donors (Lipinski definition) is 1. The van der Waals surface area contributed by atoms with E-state index in [1.165, 1.54) is 11.8 Å². The first-order valence-electron chi connectivity index (χ1n) is 8.22. The van der Waals surface area contributed by atoms with Crippen LogP contribution in [0.5, 0.6) is 5.75 Å². The molecule has 25 heavy (non-hydrogen) atoms. The van der Waals surface area contributed by atoms with Gasteiger partial charge in [0.2, 0.25) is 5.91 Å². The number of aromatic amines is 1. The molecular formula is C17H22N4O4. The second-order valence-corrected chi connectivity index (χ2v) is 6.04. The van der Waals surface area contributed by atoms with E-state index in [1.807, 2.05) is 0 Å². The summed E-state index contributed by atoms with van der Waals surface area (Å²) in [5, 5.41) is 4.44. The summed E-state index contributed by atoms with van der Waals surface area (Å²) >= 11 is 0. The Morgan fingerprint density at radius 1 is 1.32 bits per heavy atom. The number of piperidine rings is 1. The molecule has 0 spiro atoms. The molecule has 1 aliphatic heterocycles. The fourth-order valence-electron chi connectivity index (χ4n) is 3.06. The van der Waals surface area contributed by atoms with E-state index >= 15 is 0 Å². The van der Waals surface area contributed by atoms with E-state index in [-0.39, 0.29) is 24.1 Å². The summed E-state index contributed by atoms with van der Waals surface area (Å²) < 4.78 is 11.4. The van der Waals surface area contributed by atoms with Crippen molar-refractivity contribution in [2.45, 2.75) is 18.8 Å². The average Bonchev–Trinajstić information content (AvgIpc) is 3.04. The highest BCUT2D eigenvalue weighted by molar-refractivity contribution is 5.77. The average molecular weight is 346 g/mol. The molecule has 8 nitrogen and oxygen atoms in total. The number of methoxy groups -OCH3 is 2. The van der Waals surface area contributed by atoms with Gasteiger partial charge >= 0.3 is 5.69 Å². The first-order chi connectivity index (χ1) is 12.1. The quantitative estimate of drug-likeness (QED) is 0.870. The number of benzene rings is 1. The van der Waals surface area contributed by atoms with E-state index < -0.39 is 0 Å². The first-order valence-corrected chi connectivity index (χ1v) is 8.22. The van der Waals surface area contributed by atoms with Gasteiger partial charge in [-0.1, -0.05) is 0 Å². The number of ether oxygens (including phenoxy) is 2. The SMILES string of the molecule is COCC(=O)N1CCCC(c2nn(-c3ccc(OC)cc3)c(=O)[nH]2)C1. The molecule has 2 heterocycles. The number of aromatic nitrogens is 3. The van der Waals surface area contributed by atoms with Crippen molar-refractivity contribution in [3.8, 4) is 11.4 Å². The summed E-state index contributed by atoms with van der Waals surface area (Å²) in [4.78, 5) is 28.9. The van der Waals surface area contributed by atoms with Gasteiger partial charge in [-0.3, -0.25) is 9.78 Å². The monoisotopic (exact) mass is 346 g/mol. The number of rotatable bonds is 5. The molecule has 8 heteroatoms. The molecule has 134 valence electrons. The van der Waals surface area contributed by atoms with Gasteiger partial charge in [0.1, 0.15) is 18.2 Å². The third-order valence-corrected chi connectivity index (χ3v) is 4.38. The smallest absolute Gasteiger partial charge is 0.348 e. The largest absolute Gasteiger partial charge is 0.497 e. The lowest BCUT2D eigenvalue weighted by molar-refractivity contribution is -0.136. The maximum absolute atomic E-state index is 12.3. The molecule has 1 atom stereocenters. The molecular weight excluding hydrogens is 324 g/mol. The minimum atomic E-state index is -0.291. The Hall–Kier alpha value is -2.61. The third kappa shape index (κ3) is 3.74. The molecule has 1 aliphatic rings. The lowest BCUT2D eigenvalue weighted by Gasteiger charge is -2.31. The van der Waals surface area contributed by atoms with Gasteiger partial charge < -0.3 is 14.4 Å². The van der Waals surface area contributed by atoms with Gasteiger partial charge in [-0.2, -0.15) is 4.68 Å². The summed E-state index contributed by atoms with van der Waals surface area (Å²) in [5.74, 6) is 1.30. The molecule has 1 unspecified atom stereocenters. The maximum atomic E-state index is 12.3. The van der Waals surface area contributed by atoms with E-state index in [0.29, 0.717) is 30.4 Å². The van der Waals surface area contributed by atoms with E-state index in [9.17, 15) is 9.59 Å². The van der Waals surface area contributed by atoms with Crippen molar-refractivity contribution in [2.75, 3.05) is 33.9 Å². The Morgan fingerprint density at radius 2 is 2.08 bits per heavy atom. The van der Waals surface area contributed by atoms with Crippen molar-refractivity contribution < 1.29 is 14.3 Å². The molecule has 0 radical (unpaired) electrons. The number of carbonyl (C=O) groups is 1. The normalized spacial score (nSPS) is 17.5. The van der Waals surface area contributed by atoms with Crippen molar-refractivity contribution >= 4 is 5.91 Å². The molecule has 1 saturated heterocycles. The Balaban J connectivity index is 1.79. The van der Waals surface area contributed by atoms with Crippen LogP contribution in [0.4, 0.5) is 0 Å². The van der Waals surface area contributed by atoms with Crippen molar-refractivity contribution in [3.05, 3.63) is 40.6 Å². The molecule has 0 bridgehead atoms. The molecule has 0 saturated carbocycles. The number of nitrogens with zero attached hydrogens (tertiary/aromatic N) is 3. The van der Waals surface area contributed by atoms with Crippen LogP contribution in [0.2, 0.25) is 0 Å². The minimum absolute atomic E-state index is 0.0155. The second-order valence-electron chi connectivity index (χ2n) is 6.04. The summed E-state index contributed by atoms with van der Waals surface area (Å²) in [6.45, 7) is 1.32. The zero-order chi connectivity index (χ0) is 17.8. The topological polar surface area (TPSA) is 89.4 Å². The van der Waals surface area contributed by atoms with Crippen LogP contribution in [0.15, 0.2) is 29.1 Å². The summed E-state index contributed by atoms with van der Waals surface area (Å²) in [7, 11) is 3.10. The number of likely N-dealkylation sites (tertiary alicyclic amines) is 1. The highest BCUT2D eigenvalue weighted by atomic mass is 16.5. The minimum Gasteiger partial charge on any atom is -0.497 e. The predicted octanol–water partition coefficient (Wildman–Crippen LogP) is 0.922.